The van der Waals surface area contributed by atoms with Crippen molar-refractivity contribution >= 4 is 28.3 Å². The number of amides is 2. The molecule has 0 unspecified atom stereocenters. The van der Waals surface area contributed by atoms with Crippen molar-refractivity contribution in [1.82, 2.24) is 0 Å². The SMILES string of the molecule is CCC[C@]12CC[C@](CCOc3ccccc3)(O1)[C@@H]1C(=O)N(c3ccc(C#N)c4ccccc34)C(=O)[C@@H]12. The molecule has 0 spiro atoms. The summed E-state index contributed by atoms with van der Waals surface area (Å²) in [5.41, 5.74) is -0.251. The zero-order chi connectivity index (χ0) is 24.9. The van der Waals surface area contributed by atoms with Gasteiger partial charge in [-0.05, 0) is 43.5 Å². The highest BCUT2D eigenvalue weighted by Gasteiger charge is 2.74. The predicted octanol–water partition coefficient (Wildman–Crippen LogP) is 5.39. The maximum Gasteiger partial charge on any atom is 0.240 e. The Labute approximate surface area is 210 Å². The van der Waals surface area contributed by atoms with Crippen molar-refractivity contribution in [2.45, 2.75) is 50.2 Å². The molecule has 0 saturated carbocycles. The number of rotatable bonds is 7. The van der Waals surface area contributed by atoms with Crippen molar-refractivity contribution < 1.29 is 19.1 Å². The van der Waals surface area contributed by atoms with Crippen molar-refractivity contribution in [2.24, 2.45) is 11.8 Å². The Hall–Kier alpha value is -3.69. The van der Waals surface area contributed by atoms with Gasteiger partial charge in [0.05, 0.1) is 47.0 Å². The van der Waals surface area contributed by atoms with Crippen LogP contribution in [0.2, 0.25) is 0 Å². The summed E-state index contributed by atoms with van der Waals surface area (Å²) in [4.78, 5) is 29.5. The second-order valence-corrected chi connectivity index (χ2v) is 10.1. The first-order valence-electron chi connectivity index (χ1n) is 12.7. The van der Waals surface area contributed by atoms with E-state index in [0.29, 0.717) is 24.3 Å². The van der Waals surface area contributed by atoms with E-state index in [0.717, 1.165) is 42.2 Å². The van der Waals surface area contributed by atoms with Crippen LogP contribution in [0.15, 0.2) is 66.7 Å². The topological polar surface area (TPSA) is 79.6 Å². The molecule has 2 amide bonds. The second kappa shape index (κ2) is 8.46. The minimum Gasteiger partial charge on any atom is -0.493 e. The lowest BCUT2D eigenvalue weighted by Gasteiger charge is -2.31. The quantitative estimate of drug-likeness (QED) is 0.424. The molecule has 4 atom stereocenters. The second-order valence-electron chi connectivity index (χ2n) is 10.1. The maximum atomic E-state index is 14.1. The molecule has 3 aliphatic heterocycles. The molecule has 36 heavy (non-hydrogen) atoms. The summed E-state index contributed by atoms with van der Waals surface area (Å²) in [6.07, 6.45) is 3.69. The molecule has 0 aromatic heterocycles. The molecule has 3 heterocycles. The molecule has 0 radical (unpaired) electrons. The lowest BCUT2D eigenvalue weighted by atomic mass is 9.65. The molecular formula is C30H28N2O4. The van der Waals surface area contributed by atoms with Crippen LogP contribution in [-0.4, -0.2) is 29.6 Å². The molecule has 0 aliphatic carbocycles. The third-order valence-corrected chi connectivity index (χ3v) is 8.29. The Balaban J connectivity index is 1.38. The summed E-state index contributed by atoms with van der Waals surface area (Å²) in [5, 5.41) is 11.0. The van der Waals surface area contributed by atoms with Crippen LogP contribution in [0.4, 0.5) is 5.69 Å². The number of imide groups is 1. The summed E-state index contributed by atoms with van der Waals surface area (Å²) in [7, 11) is 0. The van der Waals surface area contributed by atoms with E-state index in [1.165, 1.54) is 4.90 Å². The molecule has 182 valence electrons. The summed E-state index contributed by atoms with van der Waals surface area (Å²) in [5.74, 6) is -0.624. The van der Waals surface area contributed by atoms with Crippen molar-refractivity contribution in [3.63, 3.8) is 0 Å². The first-order chi connectivity index (χ1) is 17.5. The highest BCUT2D eigenvalue weighted by Crippen LogP contribution is 2.64. The van der Waals surface area contributed by atoms with Gasteiger partial charge in [0, 0.05) is 17.2 Å². The van der Waals surface area contributed by atoms with Crippen LogP contribution in [-0.2, 0) is 14.3 Å². The predicted molar refractivity (Wildman–Crippen MR) is 135 cm³/mol. The summed E-state index contributed by atoms with van der Waals surface area (Å²) in [6.45, 7) is 2.51. The minimum absolute atomic E-state index is 0.182. The van der Waals surface area contributed by atoms with E-state index in [2.05, 4.69) is 13.0 Å². The number of hydrogen-bond acceptors (Lipinski definition) is 5. The number of nitriles is 1. The molecule has 3 aromatic rings. The van der Waals surface area contributed by atoms with Gasteiger partial charge in [0.15, 0.2) is 0 Å². The Kier molecular flexibility index (Phi) is 5.35. The normalized spacial score (nSPS) is 28.5. The third kappa shape index (κ3) is 3.19. The maximum absolute atomic E-state index is 14.1. The Bertz CT molecular complexity index is 1400. The Morgan fingerprint density at radius 1 is 0.917 bits per heavy atom. The van der Waals surface area contributed by atoms with Gasteiger partial charge in [-0.15, -0.1) is 0 Å². The van der Waals surface area contributed by atoms with Gasteiger partial charge in [-0.1, -0.05) is 55.8 Å². The van der Waals surface area contributed by atoms with Crippen LogP contribution in [0.1, 0.15) is 44.6 Å². The molecule has 3 saturated heterocycles. The zero-order valence-electron chi connectivity index (χ0n) is 20.3. The standard InChI is InChI=1S/C30H28N2O4/c1-2-14-29-15-16-30(36-29,17-18-35-21-8-4-3-5-9-21)26-25(29)27(33)32(28(26)34)24-13-12-20(19-31)22-10-6-7-11-23(22)24/h3-13,25-26H,2,14-18H2,1H3/t25-,26+,29-,30-/m1/s1. The van der Waals surface area contributed by atoms with Crippen LogP contribution in [0.5, 0.6) is 5.75 Å². The van der Waals surface area contributed by atoms with Crippen LogP contribution in [0.3, 0.4) is 0 Å². The molecule has 6 nitrogen and oxygen atoms in total. The summed E-state index contributed by atoms with van der Waals surface area (Å²) < 4.78 is 12.7. The monoisotopic (exact) mass is 480 g/mol. The largest absolute Gasteiger partial charge is 0.493 e. The smallest absolute Gasteiger partial charge is 0.240 e. The number of hydrogen-bond donors (Lipinski definition) is 0. The minimum atomic E-state index is -0.710. The van der Waals surface area contributed by atoms with E-state index in [9.17, 15) is 14.9 Å². The van der Waals surface area contributed by atoms with Crippen LogP contribution in [0, 0.1) is 23.2 Å². The molecule has 6 heteroatoms. The van der Waals surface area contributed by atoms with E-state index in [4.69, 9.17) is 9.47 Å². The molecule has 2 bridgehead atoms. The van der Waals surface area contributed by atoms with Gasteiger partial charge in [0.25, 0.3) is 0 Å². The summed E-state index contributed by atoms with van der Waals surface area (Å²) >= 11 is 0. The Morgan fingerprint density at radius 2 is 1.56 bits per heavy atom. The number of anilines is 1. The first-order valence-corrected chi connectivity index (χ1v) is 12.7. The van der Waals surface area contributed by atoms with Crippen molar-refractivity contribution in [2.75, 3.05) is 11.5 Å². The fraction of sp³-hybridized carbons (Fsp3) is 0.367. The fourth-order valence-corrected chi connectivity index (χ4v) is 6.86. The van der Waals surface area contributed by atoms with E-state index >= 15 is 0 Å². The lowest BCUT2D eigenvalue weighted by Crippen LogP contribution is -2.43. The molecule has 6 rings (SSSR count). The number of benzene rings is 3. The van der Waals surface area contributed by atoms with Crippen molar-refractivity contribution in [1.29, 1.82) is 5.26 Å². The molecule has 3 aliphatic rings. The summed E-state index contributed by atoms with van der Waals surface area (Å²) in [6, 6.07) is 22.7. The van der Waals surface area contributed by atoms with Crippen LogP contribution < -0.4 is 9.64 Å². The van der Waals surface area contributed by atoms with Crippen molar-refractivity contribution in [3.05, 3.63) is 72.3 Å². The number of ether oxygens (including phenoxy) is 2. The van der Waals surface area contributed by atoms with Crippen LogP contribution >= 0.6 is 0 Å². The number of para-hydroxylation sites is 1. The molecule has 3 fully saturated rings. The lowest BCUT2D eigenvalue weighted by molar-refractivity contribution is -0.132. The van der Waals surface area contributed by atoms with Gasteiger partial charge in [0.2, 0.25) is 11.8 Å². The highest BCUT2D eigenvalue weighted by atomic mass is 16.5. The number of carbonyl (C=O) groups excluding carboxylic acids is 2. The van der Waals surface area contributed by atoms with Gasteiger partial charge in [-0.3, -0.25) is 9.59 Å². The third-order valence-electron chi connectivity index (χ3n) is 8.29. The van der Waals surface area contributed by atoms with E-state index in [1.54, 1.807) is 12.1 Å². The molecule has 0 N–H and O–H groups in total. The van der Waals surface area contributed by atoms with E-state index in [1.807, 2.05) is 54.6 Å². The Morgan fingerprint density at radius 3 is 2.22 bits per heavy atom. The zero-order valence-corrected chi connectivity index (χ0v) is 20.3. The first kappa shape index (κ1) is 22.8. The average Bonchev–Trinajstić information content (AvgIpc) is 3.50. The van der Waals surface area contributed by atoms with E-state index < -0.39 is 23.0 Å². The molecular weight excluding hydrogens is 452 g/mol. The number of fused-ring (bicyclic) bond motifs is 6. The van der Waals surface area contributed by atoms with Crippen LogP contribution in [0.25, 0.3) is 10.8 Å². The van der Waals surface area contributed by atoms with Gasteiger partial charge < -0.3 is 9.47 Å². The fourth-order valence-electron chi connectivity index (χ4n) is 6.86. The highest BCUT2D eigenvalue weighted by molar-refractivity contribution is 6.26. The van der Waals surface area contributed by atoms with Gasteiger partial charge in [-0.2, -0.15) is 5.26 Å². The van der Waals surface area contributed by atoms with Gasteiger partial charge >= 0.3 is 0 Å². The van der Waals surface area contributed by atoms with E-state index in [-0.39, 0.29) is 11.8 Å². The van der Waals surface area contributed by atoms with Gasteiger partial charge in [0.1, 0.15) is 5.75 Å². The number of carbonyl (C=O) groups is 2. The number of nitrogens with zero attached hydrogens (tertiary/aromatic N) is 2. The molecule has 3 aromatic carbocycles. The van der Waals surface area contributed by atoms with Gasteiger partial charge in [-0.25, -0.2) is 4.90 Å². The van der Waals surface area contributed by atoms with Crippen molar-refractivity contribution in [3.8, 4) is 11.8 Å². The average molecular weight is 481 g/mol.